The molecule has 0 saturated carbocycles. The Bertz CT molecular complexity index is 763. The smallest absolute Gasteiger partial charge is 0.293 e. The monoisotopic (exact) mass is 331 g/mol. The number of fused-ring (bicyclic) bond motifs is 1. The molecular formula is C17H21N3O2S. The number of carbonyl (C=O) groups excluding carboxylic acids is 1. The van der Waals surface area contributed by atoms with Crippen LogP contribution >= 0.6 is 11.8 Å². The van der Waals surface area contributed by atoms with E-state index in [0.29, 0.717) is 17.5 Å². The third kappa shape index (κ3) is 3.58. The van der Waals surface area contributed by atoms with Gasteiger partial charge >= 0.3 is 5.69 Å². The number of thioether (sulfide) groups is 1. The molecule has 6 heteroatoms. The van der Waals surface area contributed by atoms with Crippen molar-refractivity contribution >= 4 is 17.5 Å². The first-order valence-electron chi connectivity index (χ1n) is 8.12. The molecule has 1 N–H and O–H groups in total. The Kier molecular flexibility index (Phi) is 5.00. The van der Waals surface area contributed by atoms with Gasteiger partial charge in [-0.15, -0.1) is 5.10 Å². The largest absolute Gasteiger partial charge is 0.343 e. The molecule has 2 aromatic rings. The number of ketones is 1. The number of benzene rings is 1. The molecule has 0 bridgehead atoms. The van der Waals surface area contributed by atoms with Crippen molar-refractivity contribution in [1.29, 1.82) is 0 Å². The van der Waals surface area contributed by atoms with Crippen LogP contribution in [0.1, 0.15) is 47.7 Å². The Labute approximate surface area is 139 Å². The van der Waals surface area contributed by atoms with Crippen LogP contribution in [0.25, 0.3) is 0 Å². The van der Waals surface area contributed by atoms with E-state index in [1.54, 1.807) is 4.57 Å². The number of nitrogens with zero attached hydrogens (tertiary/aromatic N) is 2. The van der Waals surface area contributed by atoms with Gasteiger partial charge in [-0.05, 0) is 42.9 Å². The van der Waals surface area contributed by atoms with E-state index in [-0.39, 0.29) is 11.5 Å². The van der Waals surface area contributed by atoms with E-state index in [1.807, 2.05) is 12.1 Å². The third-order valence-corrected chi connectivity index (χ3v) is 5.19. The molecule has 1 aromatic carbocycles. The predicted octanol–water partition coefficient (Wildman–Crippen LogP) is 2.84. The van der Waals surface area contributed by atoms with Crippen LogP contribution in [0.4, 0.5) is 0 Å². The van der Waals surface area contributed by atoms with Crippen molar-refractivity contribution in [3.63, 3.8) is 0 Å². The zero-order chi connectivity index (χ0) is 16.2. The molecule has 1 aliphatic carbocycles. The van der Waals surface area contributed by atoms with E-state index in [4.69, 9.17) is 0 Å². The maximum absolute atomic E-state index is 12.4. The highest BCUT2D eigenvalue weighted by molar-refractivity contribution is 7.99. The second kappa shape index (κ2) is 7.17. The van der Waals surface area contributed by atoms with Crippen molar-refractivity contribution in [1.82, 2.24) is 14.8 Å². The molecule has 0 spiro atoms. The van der Waals surface area contributed by atoms with Gasteiger partial charge in [0, 0.05) is 12.1 Å². The number of nitrogens with one attached hydrogen (secondary N) is 1. The highest BCUT2D eigenvalue weighted by Gasteiger charge is 2.16. The average molecular weight is 331 g/mol. The zero-order valence-corrected chi connectivity index (χ0v) is 14.1. The zero-order valence-electron chi connectivity index (χ0n) is 13.3. The SMILES string of the molecule is CCCCn1c(SCC(=O)c2ccc3c(c2)CCC3)n[nH]c1=O. The normalized spacial score (nSPS) is 13.3. The van der Waals surface area contributed by atoms with Crippen molar-refractivity contribution in [2.24, 2.45) is 0 Å². The molecular weight excluding hydrogens is 310 g/mol. The highest BCUT2D eigenvalue weighted by Crippen LogP contribution is 2.24. The average Bonchev–Trinajstić information content (AvgIpc) is 3.16. The maximum Gasteiger partial charge on any atom is 0.343 e. The van der Waals surface area contributed by atoms with E-state index in [2.05, 4.69) is 23.2 Å². The van der Waals surface area contributed by atoms with E-state index in [9.17, 15) is 9.59 Å². The van der Waals surface area contributed by atoms with Gasteiger partial charge in [0.15, 0.2) is 10.9 Å². The van der Waals surface area contributed by atoms with Crippen molar-refractivity contribution < 1.29 is 4.79 Å². The summed E-state index contributed by atoms with van der Waals surface area (Å²) in [5.41, 5.74) is 3.23. The molecule has 0 radical (unpaired) electrons. The quantitative estimate of drug-likeness (QED) is 0.626. The second-order valence-corrected chi connectivity index (χ2v) is 6.81. The Morgan fingerprint density at radius 3 is 3.00 bits per heavy atom. The lowest BCUT2D eigenvalue weighted by Crippen LogP contribution is -2.18. The number of unbranched alkanes of at least 4 members (excludes halogenated alkanes) is 1. The van der Waals surface area contributed by atoms with E-state index < -0.39 is 0 Å². The Morgan fingerprint density at radius 1 is 1.35 bits per heavy atom. The van der Waals surface area contributed by atoms with Gasteiger partial charge < -0.3 is 0 Å². The molecule has 23 heavy (non-hydrogen) atoms. The number of H-pyrrole nitrogens is 1. The molecule has 0 fully saturated rings. The summed E-state index contributed by atoms with van der Waals surface area (Å²) in [5, 5.41) is 7.09. The van der Waals surface area contributed by atoms with Gasteiger partial charge in [0.05, 0.1) is 5.75 Å². The first kappa shape index (κ1) is 16.1. The van der Waals surface area contributed by atoms with Crippen LogP contribution in [0.3, 0.4) is 0 Å². The van der Waals surface area contributed by atoms with Gasteiger partial charge in [-0.1, -0.05) is 37.2 Å². The van der Waals surface area contributed by atoms with Gasteiger partial charge in [0.2, 0.25) is 0 Å². The maximum atomic E-state index is 12.4. The van der Waals surface area contributed by atoms with Gasteiger partial charge in [-0.25, -0.2) is 9.89 Å². The van der Waals surface area contributed by atoms with E-state index in [0.717, 1.165) is 31.2 Å². The minimum atomic E-state index is -0.203. The van der Waals surface area contributed by atoms with Crippen LogP contribution in [0.2, 0.25) is 0 Å². The first-order chi connectivity index (χ1) is 11.2. The molecule has 0 amide bonds. The van der Waals surface area contributed by atoms with E-state index >= 15 is 0 Å². The molecule has 1 heterocycles. The van der Waals surface area contributed by atoms with Gasteiger partial charge in [-0.2, -0.15) is 0 Å². The second-order valence-electron chi connectivity index (χ2n) is 5.87. The topological polar surface area (TPSA) is 67.8 Å². The van der Waals surface area contributed by atoms with Crippen molar-refractivity contribution in [2.45, 2.75) is 50.7 Å². The van der Waals surface area contributed by atoms with Crippen molar-refractivity contribution in [2.75, 3.05) is 5.75 Å². The van der Waals surface area contributed by atoms with Crippen LogP contribution in [0.5, 0.6) is 0 Å². The number of carbonyl (C=O) groups is 1. The molecule has 5 nitrogen and oxygen atoms in total. The summed E-state index contributed by atoms with van der Waals surface area (Å²) >= 11 is 1.33. The fourth-order valence-electron chi connectivity index (χ4n) is 2.89. The molecule has 122 valence electrons. The van der Waals surface area contributed by atoms with Crippen LogP contribution < -0.4 is 5.69 Å². The molecule has 1 aromatic heterocycles. The van der Waals surface area contributed by atoms with Crippen molar-refractivity contribution in [3.8, 4) is 0 Å². The summed E-state index contributed by atoms with van der Waals surface area (Å²) in [4.78, 5) is 24.1. The summed E-state index contributed by atoms with van der Waals surface area (Å²) < 4.78 is 1.62. The summed E-state index contributed by atoms with van der Waals surface area (Å²) in [6.45, 7) is 2.72. The number of hydrogen-bond donors (Lipinski definition) is 1. The van der Waals surface area contributed by atoms with Gasteiger partial charge in [0.25, 0.3) is 0 Å². The summed E-state index contributed by atoms with van der Waals surface area (Å²) in [6.07, 6.45) is 5.30. The highest BCUT2D eigenvalue weighted by atomic mass is 32.2. The molecule has 3 rings (SSSR count). The fourth-order valence-corrected chi connectivity index (χ4v) is 3.75. The van der Waals surface area contributed by atoms with Crippen molar-refractivity contribution in [3.05, 3.63) is 45.4 Å². The number of Topliss-reactive ketones (excluding diaryl/α,β-unsaturated/α-hetero) is 1. The fraction of sp³-hybridized carbons (Fsp3) is 0.471. The number of aryl methyl sites for hydroxylation is 2. The number of aromatic nitrogens is 3. The van der Waals surface area contributed by atoms with Crippen LogP contribution in [0, 0.1) is 0 Å². The lowest BCUT2D eigenvalue weighted by Gasteiger charge is -2.06. The Hall–Kier alpha value is -1.82. The van der Waals surface area contributed by atoms with E-state index in [1.165, 1.54) is 29.3 Å². The van der Waals surface area contributed by atoms with Gasteiger partial charge in [0.1, 0.15) is 0 Å². The lowest BCUT2D eigenvalue weighted by molar-refractivity contribution is 0.102. The molecule has 1 aliphatic rings. The molecule has 0 aliphatic heterocycles. The lowest BCUT2D eigenvalue weighted by atomic mass is 10.0. The standard InChI is InChI=1S/C17H21N3O2S/c1-2-3-9-20-16(22)18-19-17(20)23-11-15(21)14-8-7-12-5-4-6-13(12)10-14/h7-8,10H,2-6,9,11H2,1H3,(H,18,22). The minimum absolute atomic E-state index is 0.0854. The summed E-state index contributed by atoms with van der Waals surface area (Å²) in [5.74, 6) is 0.386. The van der Waals surface area contributed by atoms with Crippen LogP contribution in [-0.2, 0) is 19.4 Å². The Balaban J connectivity index is 1.66. The van der Waals surface area contributed by atoms with Crippen LogP contribution in [-0.4, -0.2) is 26.3 Å². The number of rotatable bonds is 7. The molecule has 0 unspecified atom stereocenters. The Morgan fingerprint density at radius 2 is 2.17 bits per heavy atom. The minimum Gasteiger partial charge on any atom is -0.293 e. The number of hydrogen-bond acceptors (Lipinski definition) is 4. The molecule has 0 saturated heterocycles. The first-order valence-corrected chi connectivity index (χ1v) is 9.10. The third-order valence-electron chi connectivity index (χ3n) is 4.21. The predicted molar refractivity (Wildman–Crippen MR) is 91.3 cm³/mol. The summed E-state index contributed by atoms with van der Waals surface area (Å²) in [7, 11) is 0. The molecule has 0 atom stereocenters. The van der Waals surface area contributed by atoms with Crippen LogP contribution in [0.15, 0.2) is 28.2 Å². The number of aromatic amines is 1. The summed E-state index contributed by atoms with van der Waals surface area (Å²) in [6, 6.07) is 6.02. The van der Waals surface area contributed by atoms with Gasteiger partial charge in [-0.3, -0.25) is 9.36 Å².